The van der Waals surface area contributed by atoms with Crippen LogP contribution in [0, 0.1) is 0 Å². The molecule has 6 nitrogen and oxygen atoms in total. The lowest BCUT2D eigenvalue weighted by Gasteiger charge is -2.30. The van der Waals surface area contributed by atoms with Crippen LogP contribution in [-0.2, 0) is 14.3 Å². The maximum absolute atomic E-state index is 12.4. The quantitative estimate of drug-likeness (QED) is 0.858. The summed E-state index contributed by atoms with van der Waals surface area (Å²) in [6, 6.07) is 7.56. The number of rotatable bonds is 4. The van der Waals surface area contributed by atoms with Crippen molar-refractivity contribution < 1.29 is 19.1 Å². The summed E-state index contributed by atoms with van der Waals surface area (Å²) in [5.41, 5.74) is 4.05. The van der Waals surface area contributed by atoms with E-state index in [1.165, 1.54) is 0 Å². The molecule has 6 heteroatoms. The van der Waals surface area contributed by atoms with E-state index in [9.17, 15) is 4.79 Å². The normalized spacial score (nSPS) is 22.4. The van der Waals surface area contributed by atoms with Crippen LogP contribution in [0.3, 0.4) is 0 Å². The van der Waals surface area contributed by atoms with E-state index in [1.54, 1.807) is 0 Å². The third-order valence-corrected chi connectivity index (χ3v) is 3.92. The lowest BCUT2D eigenvalue weighted by atomic mass is 10.1. The van der Waals surface area contributed by atoms with E-state index in [1.807, 2.05) is 24.3 Å². The first kappa shape index (κ1) is 15.3. The van der Waals surface area contributed by atoms with Gasteiger partial charge in [0, 0.05) is 31.8 Å². The summed E-state index contributed by atoms with van der Waals surface area (Å²) in [6.45, 7) is 3.63. The molecule has 2 aliphatic heterocycles. The predicted molar refractivity (Wildman–Crippen MR) is 81.6 cm³/mol. The van der Waals surface area contributed by atoms with Crippen LogP contribution in [-0.4, -0.2) is 45.1 Å². The van der Waals surface area contributed by atoms with Crippen LogP contribution in [0.1, 0.15) is 29.6 Å². The van der Waals surface area contributed by atoms with Crippen molar-refractivity contribution in [2.75, 3.05) is 37.8 Å². The number of hydroxylamine groups is 1. The summed E-state index contributed by atoms with van der Waals surface area (Å²) in [5, 5.41) is 0. The number of nitrogens with zero attached hydrogens (tertiary/aromatic N) is 1. The number of hydrogen-bond acceptors (Lipinski definition) is 5. The van der Waals surface area contributed by atoms with Gasteiger partial charge in [-0.3, -0.25) is 4.79 Å². The lowest BCUT2D eigenvalue weighted by Crippen LogP contribution is -2.38. The summed E-state index contributed by atoms with van der Waals surface area (Å²) in [4.78, 5) is 19.9. The molecule has 1 aromatic carbocycles. The van der Waals surface area contributed by atoms with E-state index in [0.717, 1.165) is 38.0 Å². The van der Waals surface area contributed by atoms with Crippen LogP contribution in [0.15, 0.2) is 24.3 Å². The van der Waals surface area contributed by atoms with Gasteiger partial charge in [-0.15, -0.1) is 0 Å². The van der Waals surface area contributed by atoms with Gasteiger partial charge in [0.15, 0.2) is 6.29 Å². The van der Waals surface area contributed by atoms with Crippen molar-refractivity contribution in [2.24, 2.45) is 0 Å². The van der Waals surface area contributed by atoms with E-state index in [2.05, 4.69) is 10.4 Å². The minimum Gasteiger partial charge on any atom is -0.378 e. The zero-order valence-corrected chi connectivity index (χ0v) is 12.6. The minimum atomic E-state index is -0.340. The number of benzene rings is 1. The molecule has 0 radical (unpaired) electrons. The SMILES string of the molecule is O=C(NO[C@@H]1CCCCO1)c1ccccc1N1CCOCC1. The molecular weight excluding hydrogens is 284 g/mol. The average molecular weight is 306 g/mol. The number of para-hydroxylation sites is 1. The van der Waals surface area contributed by atoms with Crippen LogP contribution in [0.2, 0.25) is 0 Å². The Labute approximate surface area is 130 Å². The van der Waals surface area contributed by atoms with Crippen molar-refractivity contribution in [1.29, 1.82) is 0 Å². The Morgan fingerprint density at radius 2 is 2.00 bits per heavy atom. The Morgan fingerprint density at radius 3 is 2.77 bits per heavy atom. The summed E-state index contributed by atoms with van der Waals surface area (Å²) in [5.74, 6) is -0.240. The van der Waals surface area contributed by atoms with Crippen molar-refractivity contribution in [3.63, 3.8) is 0 Å². The number of carbonyl (C=O) groups is 1. The van der Waals surface area contributed by atoms with Gasteiger partial charge >= 0.3 is 0 Å². The summed E-state index contributed by atoms with van der Waals surface area (Å²) >= 11 is 0. The molecule has 2 heterocycles. The Hall–Kier alpha value is -1.63. The van der Waals surface area contributed by atoms with Crippen LogP contribution in [0.25, 0.3) is 0 Å². The fourth-order valence-electron chi connectivity index (χ4n) is 2.72. The number of hydrogen-bond donors (Lipinski definition) is 1. The van der Waals surface area contributed by atoms with Gasteiger partial charge in [0.05, 0.1) is 18.8 Å². The molecule has 0 aliphatic carbocycles. The number of nitrogens with one attached hydrogen (secondary N) is 1. The van der Waals surface area contributed by atoms with Crippen LogP contribution in [0.5, 0.6) is 0 Å². The number of morpholine rings is 1. The predicted octanol–water partition coefficient (Wildman–Crippen LogP) is 1.71. The van der Waals surface area contributed by atoms with Gasteiger partial charge in [0.2, 0.25) is 0 Å². The third-order valence-electron chi connectivity index (χ3n) is 3.92. The van der Waals surface area contributed by atoms with Crippen LogP contribution < -0.4 is 10.4 Å². The van der Waals surface area contributed by atoms with Gasteiger partial charge in [-0.1, -0.05) is 12.1 Å². The van der Waals surface area contributed by atoms with E-state index >= 15 is 0 Å². The van der Waals surface area contributed by atoms with Crippen LogP contribution in [0.4, 0.5) is 5.69 Å². The molecule has 0 spiro atoms. The molecule has 120 valence electrons. The smallest absolute Gasteiger partial charge is 0.277 e. The Balaban J connectivity index is 1.63. The maximum atomic E-state index is 12.4. The molecule has 3 rings (SSSR count). The molecule has 0 aromatic heterocycles. The monoisotopic (exact) mass is 306 g/mol. The molecule has 2 fully saturated rings. The number of anilines is 1. The second-order valence-electron chi connectivity index (χ2n) is 5.46. The van der Waals surface area contributed by atoms with Gasteiger partial charge in [-0.25, -0.2) is 10.3 Å². The molecule has 1 amide bonds. The molecule has 0 saturated carbocycles. The maximum Gasteiger partial charge on any atom is 0.277 e. The molecule has 2 saturated heterocycles. The van der Waals surface area contributed by atoms with Gasteiger partial charge < -0.3 is 14.4 Å². The largest absolute Gasteiger partial charge is 0.378 e. The van der Waals surface area contributed by atoms with Crippen molar-refractivity contribution in [3.8, 4) is 0 Å². The second-order valence-corrected chi connectivity index (χ2v) is 5.46. The lowest BCUT2D eigenvalue weighted by molar-refractivity contribution is -0.186. The number of amides is 1. The average Bonchev–Trinajstić information content (AvgIpc) is 2.61. The zero-order valence-electron chi connectivity index (χ0n) is 12.6. The topological polar surface area (TPSA) is 60.0 Å². The summed E-state index contributed by atoms with van der Waals surface area (Å²) < 4.78 is 10.8. The van der Waals surface area contributed by atoms with E-state index in [-0.39, 0.29) is 12.2 Å². The molecular formula is C16H22N2O4. The van der Waals surface area contributed by atoms with Gasteiger partial charge in [-0.05, 0) is 25.0 Å². The molecule has 0 bridgehead atoms. The third kappa shape index (κ3) is 3.76. The fourth-order valence-corrected chi connectivity index (χ4v) is 2.72. The number of carbonyl (C=O) groups excluding carboxylic acids is 1. The molecule has 22 heavy (non-hydrogen) atoms. The van der Waals surface area contributed by atoms with Gasteiger partial charge in [0.1, 0.15) is 0 Å². The molecule has 1 atom stereocenters. The highest BCUT2D eigenvalue weighted by Gasteiger charge is 2.20. The van der Waals surface area contributed by atoms with Gasteiger partial charge in [0.25, 0.3) is 5.91 Å². The van der Waals surface area contributed by atoms with Gasteiger partial charge in [-0.2, -0.15) is 0 Å². The second kappa shape index (κ2) is 7.58. The van der Waals surface area contributed by atoms with E-state index in [4.69, 9.17) is 14.3 Å². The Morgan fingerprint density at radius 1 is 1.18 bits per heavy atom. The van der Waals surface area contributed by atoms with Crippen LogP contribution >= 0.6 is 0 Å². The highest BCUT2D eigenvalue weighted by Crippen LogP contribution is 2.21. The fraction of sp³-hybridized carbons (Fsp3) is 0.562. The Kier molecular flexibility index (Phi) is 5.26. The van der Waals surface area contributed by atoms with Crippen molar-refractivity contribution in [2.45, 2.75) is 25.6 Å². The number of ether oxygens (including phenoxy) is 2. The Bertz CT molecular complexity index is 497. The van der Waals surface area contributed by atoms with Crippen molar-refractivity contribution >= 4 is 11.6 Å². The first-order chi connectivity index (χ1) is 10.8. The minimum absolute atomic E-state index is 0.240. The highest BCUT2D eigenvalue weighted by atomic mass is 16.8. The summed E-state index contributed by atoms with van der Waals surface area (Å²) in [7, 11) is 0. The molecule has 1 aromatic rings. The first-order valence-electron chi connectivity index (χ1n) is 7.84. The van der Waals surface area contributed by atoms with E-state index in [0.29, 0.717) is 25.4 Å². The standard InChI is InChI=1S/C16H22N2O4/c19-16(17-22-15-7-3-4-10-21-15)13-5-1-2-6-14(13)18-8-11-20-12-9-18/h1-2,5-6,15H,3-4,7-12H2,(H,17,19)/t15-/m1/s1. The summed E-state index contributed by atoms with van der Waals surface area (Å²) in [6.07, 6.45) is 2.58. The molecule has 2 aliphatic rings. The highest BCUT2D eigenvalue weighted by molar-refractivity contribution is 5.99. The first-order valence-corrected chi connectivity index (χ1v) is 7.84. The van der Waals surface area contributed by atoms with E-state index < -0.39 is 0 Å². The molecule has 1 N–H and O–H groups in total. The van der Waals surface area contributed by atoms with Crippen molar-refractivity contribution in [3.05, 3.63) is 29.8 Å². The van der Waals surface area contributed by atoms with Crippen molar-refractivity contribution in [1.82, 2.24) is 5.48 Å². The molecule has 0 unspecified atom stereocenters. The zero-order chi connectivity index (χ0) is 15.2.